The molecule has 140 valence electrons. The summed E-state index contributed by atoms with van der Waals surface area (Å²) in [5, 5.41) is 4.18. The fraction of sp³-hybridized carbons (Fsp3) is 0.300. The van der Waals surface area contributed by atoms with E-state index in [1.165, 1.54) is 6.33 Å². The monoisotopic (exact) mass is 367 g/mol. The molecule has 1 aromatic heterocycles. The van der Waals surface area contributed by atoms with Crippen LogP contribution in [0.3, 0.4) is 0 Å². The zero-order chi connectivity index (χ0) is 18.3. The van der Waals surface area contributed by atoms with Gasteiger partial charge in [0.1, 0.15) is 25.4 Å². The number of aromatic nitrogens is 2. The molecule has 1 N–H and O–H groups in total. The van der Waals surface area contributed by atoms with Crippen LogP contribution >= 0.6 is 0 Å². The minimum atomic E-state index is 0.428. The summed E-state index contributed by atoms with van der Waals surface area (Å²) in [5.41, 5.74) is 1.73. The van der Waals surface area contributed by atoms with Crippen LogP contribution in [-0.2, 0) is 9.47 Å². The van der Waals surface area contributed by atoms with Crippen LogP contribution in [0.4, 0.5) is 11.5 Å². The maximum absolute atomic E-state index is 5.90. The number of hydrogen-bond acceptors (Lipinski definition) is 7. The Morgan fingerprint density at radius 2 is 1.41 bits per heavy atom. The molecule has 0 amide bonds. The van der Waals surface area contributed by atoms with Crippen LogP contribution in [0.5, 0.6) is 11.5 Å². The van der Waals surface area contributed by atoms with Gasteiger partial charge in [-0.05, 0) is 18.2 Å². The second kappa shape index (κ2) is 8.66. The van der Waals surface area contributed by atoms with Gasteiger partial charge in [-0.2, -0.15) is 0 Å². The van der Waals surface area contributed by atoms with Crippen LogP contribution in [-0.4, -0.2) is 49.6 Å². The van der Waals surface area contributed by atoms with Gasteiger partial charge >= 0.3 is 0 Å². The smallest absolute Gasteiger partial charge is 0.163 e. The van der Waals surface area contributed by atoms with E-state index >= 15 is 0 Å². The van der Waals surface area contributed by atoms with E-state index in [0.29, 0.717) is 57.0 Å². The van der Waals surface area contributed by atoms with Crippen molar-refractivity contribution in [3.05, 3.63) is 48.8 Å². The van der Waals surface area contributed by atoms with Crippen LogP contribution in [0, 0.1) is 0 Å². The third-order valence-corrected chi connectivity index (χ3v) is 4.08. The van der Waals surface area contributed by atoms with Crippen LogP contribution in [0.15, 0.2) is 48.8 Å². The molecule has 0 atom stereocenters. The number of benzene rings is 2. The van der Waals surface area contributed by atoms with Crippen LogP contribution < -0.4 is 14.8 Å². The van der Waals surface area contributed by atoms with Crippen molar-refractivity contribution in [2.24, 2.45) is 0 Å². The molecular formula is C20H21N3O4. The van der Waals surface area contributed by atoms with Gasteiger partial charge in [0, 0.05) is 17.1 Å². The van der Waals surface area contributed by atoms with Crippen molar-refractivity contribution < 1.29 is 18.9 Å². The zero-order valence-corrected chi connectivity index (χ0v) is 14.9. The Kier molecular flexibility index (Phi) is 5.61. The fourth-order valence-electron chi connectivity index (χ4n) is 2.79. The van der Waals surface area contributed by atoms with Gasteiger partial charge in [-0.3, -0.25) is 0 Å². The summed E-state index contributed by atoms with van der Waals surface area (Å²) in [6.07, 6.45) is 1.53. The van der Waals surface area contributed by atoms with Gasteiger partial charge in [0.15, 0.2) is 11.5 Å². The molecule has 2 aromatic carbocycles. The van der Waals surface area contributed by atoms with Gasteiger partial charge in [0.25, 0.3) is 0 Å². The summed E-state index contributed by atoms with van der Waals surface area (Å²) in [7, 11) is 0. The molecule has 0 fully saturated rings. The molecule has 0 spiro atoms. The number of nitrogens with one attached hydrogen (secondary N) is 1. The van der Waals surface area contributed by atoms with Crippen LogP contribution in [0.1, 0.15) is 0 Å². The topological polar surface area (TPSA) is 74.7 Å². The van der Waals surface area contributed by atoms with Gasteiger partial charge in [-0.1, -0.05) is 18.2 Å². The molecule has 0 unspecified atom stereocenters. The molecule has 0 aliphatic carbocycles. The lowest BCUT2D eigenvalue weighted by Gasteiger charge is -2.16. The van der Waals surface area contributed by atoms with Gasteiger partial charge in [0.2, 0.25) is 0 Å². The van der Waals surface area contributed by atoms with Gasteiger partial charge in [-0.15, -0.1) is 0 Å². The molecule has 7 nitrogen and oxygen atoms in total. The van der Waals surface area contributed by atoms with Crippen molar-refractivity contribution >= 4 is 22.4 Å². The number of nitrogens with zero attached hydrogens (tertiary/aromatic N) is 2. The Hall–Kier alpha value is -2.90. The fourth-order valence-corrected chi connectivity index (χ4v) is 2.79. The Bertz CT molecular complexity index is 889. The van der Waals surface area contributed by atoms with Crippen molar-refractivity contribution in [3.63, 3.8) is 0 Å². The molecule has 27 heavy (non-hydrogen) atoms. The van der Waals surface area contributed by atoms with Crippen molar-refractivity contribution in [2.45, 2.75) is 0 Å². The molecule has 1 aliphatic heterocycles. The lowest BCUT2D eigenvalue weighted by atomic mass is 10.2. The highest BCUT2D eigenvalue weighted by Gasteiger charge is 2.13. The Morgan fingerprint density at radius 3 is 2.15 bits per heavy atom. The number of fused-ring (bicyclic) bond motifs is 2. The van der Waals surface area contributed by atoms with E-state index in [1.807, 2.05) is 42.5 Å². The highest BCUT2D eigenvalue weighted by atomic mass is 16.6. The van der Waals surface area contributed by atoms with E-state index in [9.17, 15) is 0 Å². The normalized spacial score (nSPS) is 15.6. The standard InChI is InChI=1S/C20H21N3O4/c1-2-4-15(5-3-1)23-20-16-12-18-19(13-17(16)21-14-22-20)27-11-9-25-7-6-24-8-10-26-18/h1-5,12-14H,6-11H2,(H,21,22,23). The van der Waals surface area contributed by atoms with E-state index < -0.39 is 0 Å². The maximum Gasteiger partial charge on any atom is 0.163 e. The van der Waals surface area contributed by atoms with Crippen LogP contribution in [0.2, 0.25) is 0 Å². The second-order valence-electron chi connectivity index (χ2n) is 5.95. The summed E-state index contributed by atoms with van der Waals surface area (Å²) >= 11 is 0. The van der Waals surface area contributed by atoms with Gasteiger partial charge in [0.05, 0.1) is 31.9 Å². The molecule has 0 bridgehead atoms. The SMILES string of the molecule is c1ccc(Nc2ncnc3cc4c(cc23)OCCOCCOCCO4)cc1. The van der Waals surface area contributed by atoms with E-state index in [2.05, 4.69) is 15.3 Å². The Labute approximate surface area is 157 Å². The molecule has 0 saturated carbocycles. The van der Waals surface area contributed by atoms with Gasteiger partial charge in [-0.25, -0.2) is 9.97 Å². The van der Waals surface area contributed by atoms with E-state index in [4.69, 9.17) is 18.9 Å². The number of hydrogen-bond donors (Lipinski definition) is 1. The lowest BCUT2D eigenvalue weighted by Crippen LogP contribution is -2.15. The van der Waals surface area contributed by atoms with Crippen molar-refractivity contribution in [1.29, 1.82) is 0 Å². The molecule has 0 radical (unpaired) electrons. The average molecular weight is 367 g/mol. The molecule has 0 saturated heterocycles. The first-order chi connectivity index (χ1) is 13.4. The third-order valence-electron chi connectivity index (χ3n) is 4.08. The molecule has 7 heteroatoms. The highest BCUT2D eigenvalue weighted by molar-refractivity contribution is 5.93. The third kappa shape index (κ3) is 4.45. The molecule has 3 aromatic rings. The highest BCUT2D eigenvalue weighted by Crippen LogP contribution is 2.35. The Morgan fingerprint density at radius 1 is 0.741 bits per heavy atom. The number of ether oxygens (including phenoxy) is 4. The summed E-state index contributed by atoms with van der Waals surface area (Å²) in [4.78, 5) is 8.77. The van der Waals surface area contributed by atoms with Crippen LogP contribution in [0.25, 0.3) is 10.9 Å². The molecular weight excluding hydrogens is 346 g/mol. The number of anilines is 2. The molecule has 2 heterocycles. The van der Waals surface area contributed by atoms with Crippen molar-refractivity contribution in [3.8, 4) is 11.5 Å². The second-order valence-corrected chi connectivity index (χ2v) is 5.95. The first kappa shape index (κ1) is 17.5. The first-order valence-corrected chi connectivity index (χ1v) is 8.92. The zero-order valence-electron chi connectivity index (χ0n) is 14.9. The molecule has 1 aliphatic rings. The number of rotatable bonds is 2. The van der Waals surface area contributed by atoms with Crippen molar-refractivity contribution in [1.82, 2.24) is 9.97 Å². The summed E-state index contributed by atoms with van der Waals surface area (Å²) < 4.78 is 22.7. The quantitative estimate of drug-likeness (QED) is 0.745. The minimum absolute atomic E-state index is 0.428. The lowest BCUT2D eigenvalue weighted by molar-refractivity contribution is 0.0224. The first-order valence-electron chi connectivity index (χ1n) is 8.92. The maximum atomic E-state index is 5.90. The number of para-hydroxylation sites is 1. The summed E-state index contributed by atoms with van der Waals surface area (Å²) in [6.45, 7) is 2.94. The molecule has 4 rings (SSSR count). The van der Waals surface area contributed by atoms with Crippen molar-refractivity contribution in [2.75, 3.05) is 45.0 Å². The van der Waals surface area contributed by atoms with E-state index in [-0.39, 0.29) is 0 Å². The average Bonchev–Trinajstić information content (AvgIpc) is 2.69. The minimum Gasteiger partial charge on any atom is -0.487 e. The summed E-state index contributed by atoms with van der Waals surface area (Å²) in [6, 6.07) is 13.7. The van der Waals surface area contributed by atoms with E-state index in [0.717, 1.165) is 16.6 Å². The largest absolute Gasteiger partial charge is 0.487 e. The summed E-state index contributed by atoms with van der Waals surface area (Å²) in [5.74, 6) is 1.98. The van der Waals surface area contributed by atoms with Gasteiger partial charge < -0.3 is 24.3 Å². The Balaban J connectivity index is 1.67. The predicted molar refractivity (Wildman–Crippen MR) is 102 cm³/mol. The predicted octanol–water partition coefficient (Wildman–Crippen LogP) is 3.18. The van der Waals surface area contributed by atoms with E-state index in [1.54, 1.807) is 0 Å².